The van der Waals surface area contributed by atoms with Crippen molar-refractivity contribution in [1.82, 2.24) is 0 Å². The molecule has 0 atom stereocenters. The minimum atomic E-state index is -1.05. The van der Waals surface area contributed by atoms with Crippen LogP contribution in [-0.4, -0.2) is 29.1 Å². The van der Waals surface area contributed by atoms with Crippen molar-refractivity contribution in [2.24, 2.45) is 4.99 Å². The number of aromatic carboxylic acids is 1. The zero-order valence-corrected chi connectivity index (χ0v) is 16.8. The van der Waals surface area contributed by atoms with Crippen LogP contribution in [0.5, 0.6) is 0 Å². The fraction of sp³-hybridized carbons (Fsp3) is 0.0870. The van der Waals surface area contributed by atoms with E-state index in [1.54, 1.807) is 35.7 Å². The first-order valence-corrected chi connectivity index (χ1v) is 10.2. The fourth-order valence-corrected chi connectivity index (χ4v) is 4.51. The molecule has 1 N–H and O–H groups in total. The highest BCUT2D eigenvalue weighted by atomic mass is 35.5. The Balaban J connectivity index is 1.63. The van der Waals surface area contributed by atoms with E-state index < -0.39 is 5.97 Å². The lowest BCUT2D eigenvalue weighted by atomic mass is 9.96. The Bertz CT molecular complexity index is 1140. The molecule has 0 aliphatic carbocycles. The number of thiophene rings is 1. The van der Waals surface area contributed by atoms with Crippen LogP contribution in [0.25, 0.3) is 11.1 Å². The lowest BCUT2D eigenvalue weighted by Crippen LogP contribution is -2.15. The van der Waals surface area contributed by atoms with E-state index in [0.717, 1.165) is 11.1 Å². The maximum atomic E-state index is 13.0. The molecule has 0 spiro atoms. The lowest BCUT2D eigenvalue weighted by molar-refractivity contribution is -0.114. The number of nitrogens with zero attached hydrogens (tertiary/aromatic N) is 1. The van der Waals surface area contributed by atoms with E-state index in [1.165, 1.54) is 11.3 Å². The van der Waals surface area contributed by atoms with Crippen molar-refractivity contribution in [1.29, 1.82) is 0 Å². The third kappa shape index (κ3) is 3.92. The standard InChI is InChI=1S/C23H16ClNO3S/c24-16-8-6-14(7-9-16)18-13-29-20(21(18)23(27)28)12-19(26)17-10-11-25-22(17)15-4-2-1-3-5-15/h1-10,13H,11-12H2,(H,27,28). The molecule has 144 valence electrons. The molecule has 1 aromatic heterocycles. The van der Waals surface area contributed by atoms with Gasteiger partial charge in [0.2, 0.25) is 0 Å². The van der Waals surface area contributed by atoms with Gasteiger partial charge in [-0.05, 0) is 23.1 Å². The van der Waals surface area contributed by atoms with Crippen LogP contribution in [0.3, 0.4) is 0 Å². The van der Waals surface area contributed by atoms with Crippen LogP contribution in [0.4, 0.5) is 0 Å². The molecule has 1 aliphatic heterocycles. The van der Waals surface area contributed by atoms with E-state index in [1.807, 2.05) is 30.3 Å². The Morgan fingerprint density at radius 1 is 1.03 bits per heavy atom. The first kappa shape index (κ1) is 19.3. The van der Waals surface area contributed by atoms with Gasteiger partial charge in [0.25, 0.3) is 0 Å². The topological polar surface area (TPSA) is 66.7 Å². The van der Waals surface area contributed by atoms with Crippen LogP contribution in [0.1, 0.15) is 20.8 Å². The number of ketones is 1. The molecule has 1 aliphatic rings. The Morgan fingerprint density at radius 2 is 1.76 bits per heavy atom. The SMILES string of the molecule is O=C(Cc1scc(-c2ccc(Cl)cc2)c1C(=O)O)C1=CCN=C1c1ccccc1. The number of carbonyl (C=O) groups excluding carboxylic acids is 1. The maximum Gasteiger partial charge on any atom is 0.337 e. The summed E-state index contributed by atoms with van der Waals surface area (Å²) in [5.74, 6) is -1.17. The van der Waals surface area contributed by atoms with Gasteiger partial charge in [-0.15, -0.1) is 11.3 Å². The van der Waals surface area contributed by atoms with E-state index in [9.17, 15) is 14.7 Å². The minimum Gasteiger partial charge on any atom is -0.478 e. The lowest BCUT2D eigenvalue weighted by Gasteiger charge is -2.07. The number of rotatable bonds is 6. The van der Waals surface area contributed by atoms with Crippen LogP contribution in [-0.2, 0) is 11.2 Å². The molecule has 4 rings (SSSR count). The number of carboxylic acids is 1. The Kier molecular flexibility index (Phi) is 5.43. The number of Topliss-reactive ketones (excluding diaryl/α,β-unsaturated/α-hetero) is 1. The first-order chi connectivity index (χ1) is 14.0. The number of aliphatic imine (C=N–C) groups is 1. The molecule has 4 nitrogen and oxygen atoms in total. The molecule has 29 heavy (non-hydrogen) atoms. The highest BCUT2D eigenvalue weighted by Gasteiger charge is 2.25. The van der Waals surface area contributed by atoms with Gasteiger partial charge < -0.3 is 5.11 Å². The van der Waals surface area contributed by atoms with E-state index in [-0.39, 0.29) is 17.8 Å². The summed E-state index contributed by atoms with van der Waals surface area (Å²) in [5.41, 5.74) is 3.63. The van der Waals surface area contributed by atoms with Crippen molar-refractivity contribution in [3.05, 3.63) is 92.7 Å². The predicted octanol–water partition coefficient (Wildman–Crippen LogP) is 5.31. The van der Waals surface area contributed by atoms with Gasteiger partial charge in [0.1, 0.15) is 0 Å². The molecule has 0 saturated carbocycles. The number of benzene rings is 2. The van der Waals surface area contributed by atoms with Crippen molar-refractivity contribution < 1.29 is 14.7 Å². The summed E-state index contributed by atoms with van der Waals surface area (Å²) in [5, 5.41) is 12.2. The predicted molar refractivity (Wildman–Crippen MR) is 116 cm³/mol. The quantitative estimate of drug-likeness (QED) is 0.586. The van der Waals surface area contributed by atoms with Crippen molar-refractivity contribution in [2.45, 2.75) is 6.42 Å². The van der Waals surface area contributed by atoms with Gasteiger partial charge in [-0.25, -0.2) is 4.79 Å². The van der Waals surface area contributed by atoms with Gasteiger partial charge >= 0.3 is 5.97 Å². The monoisotopic (exact) mass is 421 g/mol. The molecule has 2 aromatic carbocycles. The van der Waals surface area contributed by atoms with E-state index in [2.05, 4.69) is 4.99 Å². The summed E-state index contributed by atoms with van der Waals surface area (Å²) in [6.45, 7) is 0.456. The molecule has 0 radical (unpaired) electrons. The van der Waals surface area contributed by atoms with E-state index in [0.29, 0.717) is 33.3 Å². The molecule has 0 amide bonds. The Labute approximate surface area is 176 Å². The molecule has 0 saturated heterocycles. The van der Waals surface area contributed by atoms with Crippen LogP contribution >= 0.6 is 22.9 Å². The fourth-order valence-electron chi connectivity index (χ4n) is 3.34. The van der Waals surface area contributed by atoms with Crippen LogP contribution in [0.15, 0.2) is 76.6 Å². The van der Waals surface area contributed by atoms with Crippen molar-refractivity contribution in [3.8, 4) is 11.1 Å². The summed E-state index contributed by atoms with van der Waals surface area (Å²) < 4.78 is 0. The number of halogens is 1. The van der Waals surface area contributed by atoms with Crippen molar-refractivity contribution >= 4 is 40.4 Å². The maximum absolute atomic E-state index is 13.0. The molecular weight excluding hydrogens is 406 g/mol. The highest BCUT2D eigenvalue weighted by Crippen LogP contribution is 2.33. The van der Waals surface area contributed by atoms with Crippen LogP contribution < -0.4 is 0 Å². The zero-order valence-electron chi connectivity index (χ0n) is 15.3. The van der Waals surface area contributed by atoms with E-state index >= 15 is 0 Å². The number of carbonyl (C=O) groups is 2. The third-order valence-electron chi connectivity index (χ3n) is 4.70. The van der Waals surface area contributed by atoms with Gasteiger partial charge in [0.05, 0.1) is 17.8 Å². The van der Waals surface area contributed by atoms with Gasteiger partial charge in [-0.1, -0.05) is 60.1 Å². The molecule has 3 aromatic rings. The molecule has 0 fully saturated rings. The number of hydrogen-bond acceptors (Lipinski definition) is 4. The molecule has 0 bridgehead atoms. The third-order valence-corrected chi connectivity index (χ3v) is 5.94. The number of carboxylic acid groups (broad SMARTS) is 1. The summed E-state index contributed by atoms with van der Waals surface area (Å²) >= 11 is 7.22. The van der Waals surface area contributed by atoms with Gasteiger partial charge in [0, 0.05) is 33.0 Å². The first-order valence-electron chi connectivity index (χ1n) is 8.98. The Hall–Kier alpha value is -3.02. The summed E-state index contributed by atoms with van der Waals surface area (Å²) in [6, 6.07) is 16.5. The van der Waals surface area contributed by atoms with Crippen molar-refractivity contribution in [2.75, 3.05) is 6.54 Å². The summed E-state index contributed by atoms with van der Waals surface area (Å²) in [4.78, 5) is 30.0. The molecule has 2 heterocycles. The molecule has 6 heteroatoms. The minimum absolute atomic E-state index is 0.0254. The largest absolute Gasteiger partial charge is 0.478 e. The highest BCUT2D eigenvalue weighted by molar-refractivity contribution is 7.11. The van der Waals surface area contributed by atoms with Crippen LogP contribution in [0, 0.1) is 0 Å². The zero-order chi connectivity index (χ0) is 20.4. The average Bonchev–Trinajstić information content (AvgIpc) is 3.36. The summed E-state index contributed by atoms with van der Waals surface area (Å²) in [6.07, 6.45) is 1.83. The number of allylic oxidation sites excluding steroid dienone is 1. The smallest absolute Gasteiger partial charge is 0.337 e. The second-order valence-electron chi connectivity index (χ2n) is 6.53. The van der Waals surface area contributed by atoms with Crippen LogP contribution in [0.2, 0.25) is 5.02 Å². The second-order valence-corrected chi connectivity index (χ2v) is 7.93. The Morgan fingerprint density at radius 3 is 2.45 bits per heavy atom. The number of hydrogen-bond donors (Lipinski definition) is 1. The van der Waals surface area contributed by atoms with Gasteiger partial charge in [-0.2, -0.15) is 0 Å². The van der Waals surface area contributed by atoms with Crippen molar-refractivity contribution in [3.63, 3.8) is 0 Å². The van der Waals surface area contributed by atoms with E-state index in [4.69, 9.17) is 11.6 Å². The molecule has 0 unspecified atom stereocenters. The molecular formula is C23H16ClNO3S. The second kappa shape index (κ2) is 8.15. The van der Waals surface area contributed by atoms with Gasteiger partial charge in [0.15, 0.2) is 5.78 Å². The normalized spacial score (nSPS) is 13.1. The van der Waals surface area contributed by atoms with Gasteiger partial charge in [-0.3, -0.25) is 9.79 Å². The average molecular weight is 422 g/mol. The summed E-state index contributed by atoms with van der Waals surface area (Å²) in [7, 11) is 0.